The van der Waals surface area contributed by atoms with Gasteiger partial charge in [-0.3, -0.25) is 9.79 Å². The third kappa shape index (κ3) is 4.04. The smallest absolute Gasteiger partial charge is 0.242 e. The largest absolute Gasteiger partial charge is 0.353 e. The minimum atomic E-state index is -0.218. The first-order chi connectivity index (χ1) is 7.52. The molecule has 0 aromatic carbocycles. The van der Waals surface area contributed by atoms with Crippen LogP contribution in [0.15, 0.2) is 4.99 Å². The molecule has 0 aromatic rings. The molecule has 2 unspecified atom stereocenters. The van der Waals surface area contributed by atoms with E-state index in [0.717, 1.165) is 17.3 Å². The van der Waals surface area contributed by atoms with E-state index in [-0.39, 0.29) is 18.0 Å². The van der Waals surface area contributed by atoms with Crippen LogP contribution >= 0.6 is 11.8 Å². The van der Waals surface area contributed by atoms with Crippen molar-refractivity contribution in [3.63, 3.8) is 0 Å². The molecule has 0 aliphatic carbocycles. The first kappa shape index (κ1) is 13.4. The maximum absolute atomic E-state index is 11.7. The summed E-state index contributed by atoms with van der Waals surface area (Å²) in [6.45, 7) is 7.91. The fraction of sp³-hybridized carbons (Fsp3) is 0.818. The van der Waals surface area contributed by atoms with Gasteiger partial charge in [-0.15, -0.1) is 0 Å². The van der Waals surface area contributed by atoms with Crippen molar-refractivity contribution in [2.45, 2.75) is 52.2 Å². The number of nitrogens with one attached hydrogen (secondary N) is 2. The van der Waals surface area contributed by atoms with E-state index in [1.807, 2.05) is 20.8 Å². The molecule has 1 aliphatic rings. The topological polar surface area (TPSA) is 53.5 Å². The van der Waals surface area contributed by atoms with Crippen LogP contribution in [-0.4, -0.2) is 35.0 Å². The van der Waals surface area contributed by atoms with Crippen molar-refractivity contribution in [3.8, 4) is 0 Å². The van der Waals surface area contributed by atoms with E-state index >= 15 is 0 Å². The van der Waals surface area contributed by atoms with Gasteiger partial charge < -0.3 is 10.6 Å². The Morgan fingerprint density at radius 1 is 1.56 bits per heavy atom. The first-order valence-electron chi connectivity index (χ1n) is 5.80. The van der Waals surface area contributed by atoms with Gasteiger partial charge in [0.2, 0.25) is 5.91 Å². The first-order valence-corrected chi connectivity index (χ1v) is 6.79. The molecule has 0 radical (unpaired) electrons. The van der Waals surface area contributed by atoms with Crippen molar-refractivity contribution in [2.24, 2.45) is 4.99 Å². The van der Waals surface area contributed by atoms with Gasteiger partial charge in [0.1, 0.15) is 6.04 Å². The molecule has 0 saturated heterocycles. The molecular weight excluding hydrogens is 222 g/mol. The van der Waals surface area contributed by atoms with Gasteiger partial charge in [-0.25, -0.2) is 0 Å². The standard InChI is InChI=1S/C11H21N3OS/c1-5-9-6-16-11(14-9)13-8(4)10(15)12-7(2)3/h7-9H,5-6H2,1-4H3,(H,12,15)(H,13,14). The fourth-order valence-electron chi connectivity index (χ4n) is 1.36. The van der Waals surface area contributed by atoms with Crippen LogP contribution in [0.5, 0.6) is 0 Å². The summed E-state index contributed by atoms with van der Waals surface area (Å²) in [5, 5.41) is 6.93. The van der Waals surface area contributed by atoms with Gasteiger partial charge in [0.15, 0.2) is 5.17 Å². The van der Waals surface area contributed by atoms with Gasteiger partial charge in [-0.05, 0) is 27.2 Å². The second-order valence-corrected chi connectivity index (χ2v) is 5.35. The lowest BCUT2D eigenvalue weighted by Crippen LogP contribution is -2.45. The fourth-order valence-corrected chi connectivity index (χ4v) is 2.51. The predicted molar refractivity (Wildman–Crippen MR) is 69.8 cm³/mol. The zero-order valence-electron chi connectivity index (χ0n) is 10.4. The SMILES string of the molecule is CCC1CSC(NC(C)C(=O)NC(C)C)=N1. The van der Waals surface area contributed by atoms with Gasteiger partial charge in [0, 0.05) is 11.8 Å². The summed E-state index contributed by atoms with van der Waals surface area (Å²) < 4.78 is 0. The maximum Gasteiger partial charge on any atom is 0.242 e. The highest BCUT2D eigenvalue weighted by molar-refractivity contribution is 8.14. The molecule has 1 heterocycles. The zero-order valence-corrected chi connectivity index (χ0v) is 11.2. The van der Waals surface area contributed by atoms with Crippen LogP contribution in [0.4, 0.5) is 0 Å². The molecule has 92 valence electrons. The molecule has 5 heteroatoms. The van der Waals surface area contributed by atoms with E-state index in [2.05, 4.69) is 22.5 Å². The number of nitrogens with zero attached hydrogens (tertiary/aromatic N) is 1. The van der Waals surface area contributed by atoms with E-state index in [0.29, 0.717) is 6.04 Å². The normalized spacial score (nSPS) is 21.8. The van der Waals surface area contributed by atoms with Crippen LogP contribution in [0.3, 0.4) is 0 Å². The number of thioether (sulfide) groups is 1. The molecule has 2 atom stereocenters. The Kier molecular flexibility index (Phi) is 5.12. The highest BCUT2D eigenvalue weighted by Gasteiger charge is 2.20. The lowest BCUT2D eigenvalue weighted by Gasteiger charge is -2.16. The van der Waals surface area contributed by atoms with Gasteiger partial charge in [-0.2, -0.15) is 0 Å². The second kappa shape index (κ2) is 6.13. The Morgan fingerprint density at radius 2 is 2.25 bits per heavy atom. The summed E-state index contributed by atoms with van der Waals surface area (Å²) in [4.78, 5) is 16.2. The van der Waals surface area contributed by atoms with Crippen molar-refractivity contribution in [2.75, 3.05) is 5.75 Å². The lowest BCUT2D eigenvalue weighted by molar-refractivity contribution is -0.122. The summed E-state index contributed by atoms with van der Waals surface area (Å²) in [6, 6.07) is 0.371. The zero-order chi connectivity index (χ0) is 12.1. The molecule has 16 heavy (non-hydrogen) atoms. The third-order valence-electron chi connectivity index (χ3n) is 2.35. The van der Waals surface area contributed by atoms with Crippen molar-refractivity contribution in [1.29, 1.82) is 0 Å². The molecule has 4 nitrogen and oxygen atoms in total. The van der Waals surface area contributed by atoms with E-state index in [1.165, 1.54) is 0 Å². The van der Waals surface area contributed by atoms with Crippen LogP contribution < -0.4 is 10.6 Å². The van der Waals surface area contributed by atoms with Crippen LogP contribution in [0.2, 0.25) is 0 Å². The van der Waals surface area contributed by atoms with Crippen LogP contribution in [0.1, 0.15) is 34.1 Å². The maximum atomic E-state index is 11.7. The summed E-state index contributed by atoms with van der Waals surface area (Å²) in [7, 11) is 0. The Bertz CT molecular complexity index is 278. The Balaban J connectivity index is 2.40. The second-order valence-electron chi connectivity index (χ2n) is 4.34. The number of rotatable bonds is 4. The minimum absolute atomic E-state index is 0.0262. The van der Waals surface area contributed by atoms with Crippen molar-refractivity contribution >= 4 is 22.8 Å². The highest BCUT2D eigenvalue weighted by atomic mass is 32.2. The van der Waals surface area contributed by atoms with Crippen molar-refractivity contribution in [3.05, 3.63) is 0 Å². The average Bonchev–Trinajstić information content (AvgIpc) is 2.64. The molecule has 2 N–H and O–H groups in total. The number of hydrogen-bond acceptors (Lipinski definition) is 4. The average molecular weight is 243 g/mol. The Labute approximate surface area is 102 Å². The third-order valence-corrected chi connectivity index (χ3v) is 3.40. The van der Waals surface area contributed by atoms with Crippen LogP contribution in [0, 0.1) is 0 Å². The van der Waals surface area contributed by atoms with E-state index in [9.17, 15) is 4.79 Å². The van der Waals surface area contributed by atoms with Gasteiger partial charge in [-0.1, -0.05) is 18.7 Å². The predicted octanol–water partition coefficient (Wildman–Crippen LogP) is 1.37. The number of aliphatic imine (C=N–C) groups is 1. The number of amidine groups is 1. The summed E-state index contributed by atoms with van der Waals surface area (Å²) in [6.07, 6.45) is 1.06. The van der Waals surface area contributed by atoms with Gasteiger partial charge in [0.05, 0.1) is 6.04 Å². The molecule has 1 amide bonds. The summed E-state index contributed by atoms with van der Waals surface area (Å²) in [5.41, 5.74) is 0. The summed E-state index contributed by atoms with van der Waals surface area (Å²) >= 11 is 1.70. The van der Waals surface area contributed by atoms with Crippen molar-refractivity contribution in [1.82, 2.24) is 10.6 Å². The lowest BCUT2D eigenvalue weighted by atomic mass is 10.3. The molecule has 1 aliphatic heterocycles. The van der Waals surface area contributed by atoms with E-state index in [4.69, 9.17) is 0 Å². The number of amides is 1. The highest BCUT2D eigenvalue weighted by Crippen LogP contribution is 2.18. The molecule has 1 rings (SSSR count). The quantitative estimate of drug-likeness (QED) is 0.784. The van der Waals surface area contributed by atoms with Crippen LogP contribution in [0.25, 0.3) is 0 Å². The molecular formula is C11H21N3OS. The van der Waals surface area contributed by atoms with E-state index < -0.39 is 0 Å². The van der Waals surface area contributed by atoms with Crippen LogP contribution in [-0.2, 0) is 4.79 Å². The van der Waals surface area contributed by atoms with E-state index in [1.54, 1.807) is 11.8 Å². The molecule has 0 aromatic heterocycles. The monoisotopic (exact) mass is 243 g/mol. The van der Waals surface area contributed by atoms with Gasteiger partial charge in [0.25, 0.3) is 0 Å². The number of hydrogen-bond donors (Lipinski definition) is 2. The van der Waals surface area contributed by atoms with Crippen molar-refractivity contribution < 1.29 is 4.79 Å². The molecule has 0 fully saturated rings. The number of carbonyl (C=O) groups is 1. The molecule has 0 spiro atoms. The van der Waals surface area contributed by atoms with Gasteiger partial charge >= 0.3 is 0 Å². The molecule has 0 saturated carbocycles. The number of carbonyl (C=O) groups excluding carboxylic acids is 1. The Hall–Kier alpha value is -0.710. The minimum Gasteiger partial charge on any atom is -0.353 e. The Morgan fingerprint density at radius 3 is 2.75 bits per heavy atom. The summed E-state index contributed by atoms with van der Waals surface area (Å²) in [5.74, 6) is 1.05. The molecule has 0 bridgehead atoms.